The topological polar surface area (TPSA) is 71.0 Å². The first-order chi connectivity index (χ1) is 9.78. The highest BCUT2D eigenvalue weighted by atomic mass is 19.3. The second-order valence-corrected chi connectivity index (χ2v) is 5.54. The molecule has 2 heterocycles. The zero-order chi connectivity index (χ0) is 15.7. The van der Waals surface area contributed by atoms with Gasteiger partial charge in [-0.15, -0.1) is 0 Å². The summed E-state index contributed by atoms with van der Waals surface area (Å²) in [5.74, 6) is -3.70. The normalized spacial score (nSPS) is 30.7. The molecule has 2 aliphatic heterocycles. The first-order valence-electron chi connectivity index (χ1n) is 6.79. The number of hydrogen-bond acceptors (Lipinski definition) is 6. The smallest absolute Gasteiger partial charge is 0.338 e. The number of nitrogens with zero attached hydrogens (tertiary/aromatic N) is 1. The Labute approximate surface area is 121 Å². The van der Waals surface area contributed by atoms with Crippen LogP contribution in [0.25, 0.3) is 0 Å². The Bertz CT molecular complexity index is 417. The van der Waals surface area contributed by atoms with Crippen molar-refractivity contribution in [2.45, 2.75) is 37.0 Å². The van der Waals surface area contributed by atoms with Gasteiger partial charge in [0, 0.05) is 13.0 Å². The number of hydrogen-bond donors (Lipinski definition) is 2. The molecule has 0 amide bonds. The van der Waals surface area contributed by atoms with Gasteiger partial charge in [-0.3, -0.25) is 4.84 Å². The summed E-state index contributed by atoms with van der Waals surface area (Å²) in [5, 5.41) is 13.9. The van der Waals surface area contributed by atoms with Crippen molar-refractivity contribution in [1.82, 2.24) is 10.4 Å². The van der Waals surface area contributed by atoms with Crippen LogP contribution >= 0.6 is 0 Å². The number of esters is 1. The highest BCUT2D eigenvalue weighted by Gasteiger charge is 2.57. The summed E-state index contributed by atoms with van der Waals surface area (Å²) < 4.78 is 32.3. The summed E-state index contributed by atoms with van der Waals surface area (Å²) in [4.78, 5) is 16.9. The largest absolute Gasteiger partial charge is 0.459 e. The Morgan fingerprint density at radius 2 is 2.43 bits per heavy atom. The molecular weight excluding hydrogens is 286 g/mol. The van der Waals surface area contributed by atoms with Gasteiger partial charge in [0.15, 0.2) is 5.60 Å². The number of rotatable bonds is 6. The molecular formula is C13H20F2N2O4. The minimum absolute atomic E-state index is 0.00856. The van der Waals surface area contributed by atoms with Crippen LogP contribution in [0.2, 0.25) is 0 Å². The predicted molar refractivity (Wildman–Crippen MR) is 69.6 cm³/mol. The van der Waals surface area contributed by atoms with Crippen molar-refractivity contribution in [2.24, 2.45) is 0 Å². The predicted octanol–water partition coefficient (Wildman–Crippen LogP) is 0.0796. The van der Waals surface area contributed by atoms with E-state index in [1.807, 2.05) is 0 Å². The van der Waals surface area contributed by atoms with E-state index in [9.17, 15) is 18.7 Å². The van der Waals surface area contributed by atoms with E-state index in [0.29, 0.717) is 0 Å². The minimum Gasteiger partial charge on any atom is -0.459 e. The maximum Gasteiger partial charge on any atom is 0.338 e. The van der Waals surface area contributed by atoms with Crippen molar-refractivity contribution in [2.75, 3.05) is 26.3 Å². The van der Waals surface area contributed by atoms with Gasteiger partial charge in [0.1, 0.15) is 12.6 Å². The summed E-state index contributed by atoms with van der Waals surface area (Å²) in [6.45, 7) is 4.45. The van der Waals surface area contributed by atoms with E-state index < -0.39 is 29.6 Å². The molecule has 6 nitrogen and oxygen atoms in total. The van der Waals surface area contributed by atoms with Crippen LogP contribution in [0, 0.1) is 0 Å². The second-order valence-electron chi connectivity index (χ2n) is 5.54. The monoisotopic (exact) mass is 306 g/mol. The second kappa shape index (κ2) is 5.96. The SMILES string of the molecule is C=CCOC(=O)[C@@](C)(O)CCN1OC[C@H]2NCC(F)(F)[C@H]21. The maximum atomic E-state index is 13.7. The standard InChI is InChI=1S/C13H20F2N2O4/c1-3-6-20-11(18)12(2,19)4-5-17-10-9(7-21-17)16-8-13(10,14)15/h3,9-10,16,19H,1,4-8H2,2H3/t9-,10+,12+/m1/s1. The average molecular weight is 306 g/mol. The van der Waals surface area contributed by atoms with Crippen molar-refractivity contribution >= 4 is 5.97 Å². The summed E-state index contributed by atoms with van der Waals surface area (Å²) >= 11 is 0. The third-order valence-electron chi connectivity index (χ3n) is 3.73. The summed E-state index contributed by atoms with van der Waals surface area (Å²) in [6, 6.07) is -1.50. The van der Waals surface area contributed by atoms with Crippen LogP contribution in [-0.2, 0) is 14.4 Å². The summed E-state index contributed by atoms with van der Waals surface area (Å²) in [5.41, 5.74) is -1.76. The molecule has 0 radical (unpaired) electrons. The summed E-state index contributed by atoms with van der Waals surface area (Å²) in [6.07, 6.45) is 1.31. The number of alkyl halides is 2. The summed E-state index contributed by atoms with van der Waals surface area (Å²) in [7, 11) is 0. The number of halogens is 2. The van der Waals surface area contributed by atoms with Crippen molar-refractivity contribution in [3.05, 3.63) is 12.7 Å². The maximum absolute atomic E-state index is 13.7. The molecule has 8 heteroatoms. The number of ether oxygens (including phenoxy) is 1. The molecule has 0 spiro atoms. The Morgan fingerprint density at radius 3 is 3.10 bits per heavy atom. The zero-order valence-corrected chi connectivity index (χ0v) is 11.8. The van der Waals surface area contributed by atoms with Crippen LogP contribution in [0.1, 0.15) is 13.3 Å². The molecule has 2 fully saturated rings. The Balaban J connectivity index is 1.90. The molecule has 2 saturated heterocycles. The van der Waals surface area contributed by atoms with Gasteiger partial charge in [-0.1, -0.05) is 12.7 Å². The third kappa shape index (κ3) is 3.39. The molecule has 120 valence electrons. The minimum atomic E-state index is -2.89. The van der Waals surface area contributed by atoms with E-state index in [1.54, 1.807) is 0 Å². The van der Waals surface area contributed by atoms with E-state index in [0.717, 1.165) is 5.06 Å². The van der Waals surface area contributed by atoms with Gasteiger partial charge in [-0.05, 0) is 6.92 Å². The fourth-order valence-corrected chi connectivity index (χ4v) is 2.52. The lowest BCUT2D eigenvalue weighted by atomic mass is 10.0. The average Bonchev–Trinajstić information content (AvgIpc) is 2.96. The number of aliphatic hydroxyl groups is 1. The molecule has 21 heavy (non-hydrogen) atoms. The number of carbonyl (C=O) groups excluding carboxylic acids is 1. The number of nitrogens with one attached hydrogen (secondary N) is 1. The van der Waals surface area contributed by atoms with Crippen molar-refractivity contribution < 1.29 is 28.3 Å². The lowest BCUT2D eigenvalue weighted by molar-refractivity contribution is -0.190. The Morgan fingerprint density at radius 1 is 1.71 bits per heavy atom. The van der Waals surface area contributed by atoms with Crippen LogP contribution in [0.3, 0.4) is 0 Å². The first-order valence-corrected chi connectivity index (χ1v) is 6.79. The fraction of sp³-hybridized carbons (Fsp3) is 0.769. The fourth-order valence-electron chi connectivity index (χ4n) is 2.52. The molecule has 0 unspecified atom stereocenters. The molecule has 0 aromatic heterocycles. The molecule has 3 atom stereocenters. The van der Waals surface area contributed by atoms with Crippen molar-refractivity contribution in [1.29, 1.82) is 0 Å². The number of carbonyl (C=O) groups is 1. The molecule has 0 saturated carbocycles. The van der Waals surface area contributed by atoms with Crippen molar-refractivity contribution in [3.63, 3.8) is 0 Å². The molecule has 2 N–H and O–H groups in total. The lowest BCUT2D eigenvalue weighted by Crippen LogP contribution is -2.47. The molecule has 0 aromatic carbocycles. The Hall–Kier alpha value is -1.09. The van der Waals surface area contributed by atoms with E-state index in [-0.39, 0.29) is 32.7 Å². The van der Waals surface area contributed by atoms with Crippen LogP contribution in [-0.4, -0.2) is 66.0 Å². The van der Waals surface area contributed by atoms with E-state index in [1.165, 1.54) is 13.0 Å². The van der Waals surface area contributed by atoms with Crippen LogP contribution in [0.5, 0.6) is 0 Å². The molecule has 0 aromatic rings. The van der Waals surface area contributed by atoms with Gasteiger partial charge in [0.05, 0.1) is 19.2 Å². The highest BCUT2D eigenvalue weighted by Crippen LogP contribution is 2.35. The van der Waals surface area contributed by atoms with Gasteiger partial charge in [-0.2, -0.15) is 5.06 Å². The first kappa shape index (κ1) is 16.3. The van der Waals surface area contributed by atoms with Gasteiger partial charge < -0.3 is 15.2 Å². The van der Waals surface area contributed by atoms with Crippen LogP contribution in [0.4, 0.5) is 8.78 Å². The Kier molecular flexibility index (Phi) is 4.62. The molecule has 0 aliphatic carbocycles. The molecule has 0 bridgehead atoms. The number of fused-ring (bicyclic) bond motifs is 1. The highest BCUT2D eigenvalue weighted by molar-refractivity contribution is 5.78. The van der Waals surface area contributed by atoms with Gasteiger partial charge in [0.2, 0.25) is 0 Å². The molecule has 2 rings (SSSR count). The van der Waals surface area contributed by atoms with E-state index in [2.05, 4.69) is 11.9 Å². The quantitative estimate of drug-likeness (QED) is 0.535. The zero-order valence-electron chi connectivity index (χ0n) is 11.8. The van der Waals surface area contributed by atoms with Gasteiger partial charge in [-0.25, -0.2) is 13.6 Å². The van der Waals surface area contributed by atoms with E-state index >= 15 is 0 Å². The number of hydroxylamine groups is 2. The molecule has 2 aliphatic rings. The lowest BCUT2D eigenvalue weighted by Gasteiger charge is -2.28. The van der Waals surface area contributed by atoms with E-state index in [4.69, 9.17) is 9.57 Å². The van der Waals surface area contributed by atoms with Gasteiger partial charge in [0.25, 0.3) is 5.92 Å². The van der Waals surface area contributed by atoms with Crippen LogP contribution < -0.4 is 5.32 Å². The van der Waals surface area contributed by atoms with Gasteiger partial charge >= 0.3 is 5.97 Å². The van der Waals surface area contributed by atoms with Crippen LogP contribution in [0.15, 0.2) is 12.7 Å². The third-order valence-corrected chi connectivity index (χ3v) is 3.73. The van der Waals surface area contributed by atoms with Crippen molar-refractivity contribution in [3.8, 4) is 0 Å².